The minimum atomic E-state index is -0.204. The lowest BCUT2D eigenvalue weighted by Crippen LogP contribution is -2.36. The monoisotopic (exact) mass is 525 g/mol. The zero-order valence-electron chi connectivity index (χ0n) is 22.7. The summed E-state index contributed by atoms with van der Waals surface area (Å²) in [6.45, 7) is 7.19. The minimum absolute atomic E-state index is 0.0761. The molecule has 3 heterocycles. The molecule has 3 aliphatic rings. The fourth-order valence-corrected chi connectivity index (χ4v) is 6.07. The molecule has 1 aromatic carbocycles. The second-order valence-electron chi connectivity index (χ2n) is 10.9. The highest BCUT2D eigenvalue weighted by Crippen LogP contribution is 2.35. The SMILES string of the molecule is CC1=CC(C)=C(CNC(=O)c2cc(-c3ccc(N4CCOCC4)nc3)cc3c2cnn3C2CCCC2)C(=O)C1. The topological polar surface area (TPSA) is 89.3 Å². The van der Waals surface area contributed by atoms with Crippen molar-refractivity contribution in [3.05, 3.63) is 65.0 Å². The Morgan fingerprint density at radius 2 is 1.87 bits per heavy atom. The van der Waals surface area contributed by atoms with E-state index in [4.69, 9.17) is 14.8 Å². The highest BCUT2D eigenvalue weighted by molar-refractivity contribution is 6.08. The second kappa shape index (κ2) is 10.8. The molecule has 1 N–H and O–H groups in total. The number of amides is 1. The maximum atomic E-state index is 13.6. The number of allylic oxidation sites excluding steroid dienone is 3. The van der Waals surface area contributed by atoms with E-state index in [0.29, 0.717) is 36.8 Å². The van der Waals surface area contributed by atoms with Gasteiger partial charge in [0.05, 0.1) is 36.5 Å². The summed E-state index contributed by atoms with van der Waals surface area (Å²) in [5.74, 6) is 0.805. The van der Waals surface area contributed by atoms with Gasteiger partial charge in [0, 0.05) is 48.8 Å². The molecule has 3 aromatic rings. The van der Waals surface area contributed by atoms with Gasteiger partial charge in [-0.3, -0.25) is 14.3 Å². The quantitative estimate of drug-likeness (QED) is 0.486. The van der Waals surface area contributed by atoms with Crippen molar-refractivity contribution < 1.29 is 14.3 Å². The van der Waals surface area contributed by atoms with Crippen LogP contribution in [0.5, 0.6) is 0 Å². The van der Waals surface area contributed by atoms with Crippen molar-refractivity contribution in [2.45, 2.75) is 52.0 Å². The van der Waals surface area contributed by atoms with Gasteiger partial charge in [-0.15, -0.1) is 0 Å². The number of Topliss-reactive ketones (excluding diaryl/α,β-unsaturated/α-hetero) is 1. The van der Waals surface area contributed by atoms with E-state index in [9.17, 15) is 9.59 Å². The first-order chi connectivity index (χ1) is 19.0. The van der Waals surface area contributed by atoms with Crippen molar-refractivity contribution in [3.63, 3.8) is 0 Å². The van der Waals surface area contributed by atoms with Crippen LogP contribution in [0.3, 0.4) is 0 Å². The number of morpholine rings is 1. The van der Waals surface area contributed by atoms with Crippen LogP contribution < -0.4 is 10.2 Å². The zero-order chi connectivity index (χ0) is 26.9. The van der Waals surface area contributed by atoms with Crippen molar-refractivity contribution in [1.82, 2.24) is 20.1 Å². The number of nitrogens with zero attached hydrogens (tertiary/aromatic N) is 4. The molecule has 2 aliphatic carbocycles. The number of pyridine rings is 1. The van der Waals surface area contributed by atoms with Crippen molar-refractivity contribution in [3.8, 4) is 11.1 Å². The summed E-state index contributed by atoms with van der Waals surface area (Å²) in [7, 11) is 0. The third-order valence-corrected chi connectivity index (χ3v) is 8.19. The van der Waals surface area contributed by atoms with E-state index < -0.39 is 0 Å². The molecule has 1 saturated heterocycles. The molecule has 8 nitrogen and oxygen atoms in total. The molecule has 0 spiro atoms. The molecule has 6 rings (SSSR count). The average molecular weight is 526 g/mol. The predicted octanol–water partition coefficient (Wildman–Crippen LogP) is 5.02. The number of rotatable bonds is 6. The summed E-state index contributed by atoms with van der Waals surface area (Å²) in [6, 6.07) is 8.52. The number of hydrogen-bond donors (Lipinski definition) is 1. The molecule has 1 amide bonds. The lowest BCUT2D eigenvalue weighted by atomic mass is 9.92. The minimum Gasteiger partial charge on any atom is -0.378 e. The van der Waals surface area contributed by atoms with Gasteiger partial charge in [-0.05, 0) is 62.1 Å². The van der Waals surface area contributed by atoms with Crippen LogP contribution in [0.4, 0.5) is 5.82 Å². The van der Waals surface area contributed by atoms with E-state index in [2.05, 4.69) is 27.0 Å². The molecular formula is C31H35N5O3. The Labute approximate surface area is 228 Å². The molecule has 1 saturated carbocycles. The number of hydrogen-bond acceptors (Lipinski definition) is 6. The van der Waals surface area contributed by atoms with E-state index >= 15 is 0 Å². The fourth-order valence-electron chi connectivity index (χ4n) is 6.07. The summed E-state index contributed by atoms with van der Waals surface area (Å²) in [6.07, 6.45) is 10.7. The van der Waals surface area contributed by atoms with Crippen molar-refractivity contribution >= 4 is 28.4 Å². The van der Waals surface area contributed by atoms with Gasteiger partial charge in [0.1, 0.15) is 5.82 Å². The summed E-state index contributed by atoms with van der Waals surface area (Å²) < 4.78 is 7.57. The lowest BCUT2D eigenvalue weighted by Gasteiger charge is -2.27. The van der Waals surface area contributed by atoms with Crippen LogP contribution in [0.25, 0.3) is 22.0 Å². The molecule has 202 valence electrons. The zero-order valence-corrected chi connectivity index (χ0v) is 22.7. The second-order valence-corrected chi connectivity index (χ2v) is 10.9. The average Bonchev–Trinajstić information content (AvgIpc) is 3.62. The number of ketones is 1. The van der Waals surface area contributed by atoms with Gasteiger partial charge in [-0.2, -0.15) is 5.10 Å². The number of fused-ring (bicyclic) bond motifs is 1. The van der Waals surface area contributed by atoms with Gasteiger partial charge in [0.15, 0.2) is 5.78 Å². The summed E-state index contributed by atoms with van der Waals surface area (Å²) in [5.41, 5.74) is 6.05. The van der Waals surface area contributed by atoms with E-state index in [1.165, 1.54) is 12.8 Å². The van der Waals surface area contributed by atoms with Crippen LogP contribution in [0, 0.1) is 0 Å². The largest absolute Gasteiger partial charge is 0.378 e. The van der Waals surface area contributed by atoms with Crippen LogP contribution in [0.2, 0.25) is 0 Å². The third kappa shape index (κ3) is 5.13. The van der Waals surface area contributed by atoms with Gasteiger partial charge >= 0.3 is 0 Å². The van der Waals surface area contributed by atoms with E-state index in [1.807, 2.05) is 44.4 Å². The standard InChI is InChI=1S/C31H35N5O3/c1-20-13-21(2)26(29(37)14-20)18-33-31(38)25-15-23(16-28-27(25)19-34-36(28)24-5-3-4-6-24)22-7-8-30(32-17-22)35-9-11-39-12-10-35/h7-8,13,15-17,19,24H,3-6,9-12,14,18H2,1-2H3,(H,33,38). The molecule has 0 bridgehead atoms. The van der Waals surface area contributed by atoms with Crippen molar-refractivity contribution in [2.75, 3.05) is 37.7 Å². The predicted molar refractivity (Wildman–Crippen MR) is 152 cm³/mol. The molecule has 0 atom stereocenters. The molecular weight excluding hydrogens is 490 g/mol. The number of aromatic nitrogens is 3. The van der Waals surface area contributed by atoms with E-state index in [0.717, 1.165) is 64.9 Å². The summed E-state index contributed by atoms with van der Waals surface area (Å²) >= 11 is 0. The molecule has 0 radical (unpaired) electrons. The molecule has 1 aliphatic heterocycles. The van der Waals surface area contributed by atoms with Gasteiger partial charge < -0.3 is 15.0 Å². The van der Waals surface area contributed by atoms with Gasteiger partial charge in [0.25, 0.3) is 5.91 Å². The van der Waals surface area contributed by atoms with Gasteiger partial charge in [0.2, 0.25) is 0 Å². The maximum Gasteiger partial charge on any atom is 0.252 e. The Kier molecular flexibility index (Phi) is 7.04. The number of carbonyl (C=O) groups is 2. The van der Waals surface area contributed by atoms with Crippen LogP contribution in [0.1, 0.15) is 62.4 Å². The highest BCUT2D eigenvalue weighted by Gasteiger charge is 2.24. The van der Waals surface area contributed by atoms with Crippen LogP contribution in [0.15, 0.2) is 59.5 Å². The fraction of sp³-hybridized carbons (Fsp3) is 0.419. The molecule has 2 aromatic heterocycles. The van der Waals surface area contributed by atoms with E-state index in [1.54, 1.807) is 0 Å². The van der Waals surface area contributed by atoms with Crippen molar-refractivity contribution in [1.29, 1.82) is 0 Å². The molecule has 0 unspecified atom stereocenters. The highest BCUT2D eigenvalue weighted by atomic mass is 16.5. The Morgan fingerprint density at radius 1 is 1.08 bits per heavy atom. The van der Waals surface area contributed by atoms with Crippen LogP contribution in [-0.4, -0.2) is 59.3 Å². The lowest BCUT2D eigenvalue weighted by molar-refractivity contribution is -0.115. The third-order valence-electron chi connectivity index (χ3n) is 8.19. The smallest absolute Gasteiger partial charge is 0.252 e. The number of anilines is 1. The maximum absolute atomic E-state index is 13.6. The normalized spacial score (nSPS) is 18.7. The Morgan fingerprint density at radius 3 is 2.59 bits per heavy atom. The molecule has 8 heteroatoms. The number of nitrogens with one attached hydrogen (secondary N) is 1. The number of benzene rings is 1. The first-order valence-corrected chi connectivity index (χ1v) is 14.0. The Balaban J connectivity index is 1.34. The van der Waals surface area contributed by atoms with Gasteiger partial charge in [-0.25, -0.2) is 4.98 Å². The number of carbonyl (C=O) groups excluding carboxylic acids is 2. The summed E-state index contributed by atoms with van der Waals surface area (Å²) in [5, 5.41) is 8.60. The van der Waals surface area contributed by atoms with Crippen LogP contribution in [-0.2, 0) is 9.53 Å². The van der Waals surface area contributed by atoms with Crippen molar-refractivity contribution in [2.24, 2.45) is 0 Å². The molecule has 39 heavy (non-hydrogen) atoms. The van der Waals surface area contributed by atoms with Gasteiger partial charge in [-0.1, -0.05) is 24.5 Å². The summed E-state index contributed by atoms with van der Waals surface area (Å²) in [4.78, 5) is 33.2. The Hall–Kier alpha value is -3.78. The first-order valence-electron chi connectivity index (χ1n) is 14.0. The van der Waals surface area contributed by atoms with E-state index in [-0.39, 0.29) is 18.2 Å². The first kappa shape index (κ1) is 25.5. The van der Waals surface area contributed by atoms with Crippen LogP contribution >= 0.6 is 0 Å². The molecule has 2 fully saturated rings. The Bertz CT molecular complexity index is 1470. The number of ether oxygens (including phenoxy) is 1.